The molecule has 0 spiro atoms. The minimum atomic E-state index is -0.337. The summed E-state index contributed by atoms with van der Waals surface area (Å²) in [4.78, 5) is 30.9. The number of rotatable bonds is 5. The van der Waals surface area contributed by atoms with Crippen LogP contribution in [0.4, 0.5) is 5.69 Å². The van der Waals surface area contributed by atoms with E-state index in [4.69, 9.17) is 0 Å². The molecule has 1 aliphatic heterocycles. The van der Waals surface area contributed by atoms with Gasteiger partial charge in [-0.2, -0.15) is 0 Å². The molecule has 0 saturated heterocycles. The van der Waals surface area contributed by atoms with Gasteiger partial charge in [0.15, 0.2) is 0 Å². The first kappa shape index (κ1) is 27.8. The Balaban J connectivity index is 1.29. The lowest BCUT2D eigenvalue weighted by molar-refractivity contribution is 0.0926. The molecule has 2 amide bonds. The highest BCUT2D eigenvalue weighted by Crippen LogP contribution is 2.45. The van der Waals surface area contributed by atoms with Crippen LogP contribution < -0.4 is 4.90 Å². The molecule has 0 N–H and O–H groups in total. The Morgan fingerprint density at radius 2 is 0.917 bits per heavy atom. The molecule has 1 aliphatic rings. The monoisotopic (exact) mass is 616 g/mol. The molecule has 2 heterocycles. The molecular weight excluding hydrogens is 588 g/mol. The van der Waals surface area contributed by atoms with E-state index in [-0.39, 0.29) is 11.8 Å². The van der Waals surface area contributed by atoms with E-state index < -0.39 is 0 Å². The zero-order valence-corrected chi connectivity index (χ0v) is 25.9. The smallest absolute Gasteiger partial charge is 0.268 e. The molecule has 226 valence electrons. The Bertz CT molecular complexity index is 2480. The highest BCUT2D eigenvalue weighted by molar-refractivity contribution is 6.37. The van der Waals surface area contributed by atoms with Gasteiger partial charge in [0.05, 0.1) is 33.5 Å². The SMILES string of the molecule is O=C1c2cccc(-n3c4ccccc4c4ccc(-c5ccccc5)cc43)c2C(=O)N1c1c(-c2ccccc2)cccc1-c1ccccc1. The lowest BCUT2D eigenvalue weighted by atomic mass is 9.95. The number of anilines is 1. The maximum Gasteiger partial charge on any atom is 0.268 e. The molecule has 0 atom stereocenters. The van der Waals surface area contributed by atoms with E-state index in [1.807, 2.05) is 121 Å². The standard InChI is InChI=1S/C44H28N2O2/c47-43-37-23-13-25-39(45-38-24-11-10-20-35(38)36-27-26-32(28-40(36)45)29-14-4-1-5-15-29)41(37)44(48)46(43)42-33(30-16-6-2-7-17-30)21-12-22-34(42)31-18-8-3-9-19-31/h1-28H. The molecule has 4 heteroatoms. The van der Waals surface area contributed by atoms with Crippen molar-refractivity contribution in [2.75, 3.05) is 4.90 Å². The second kappa shape index (κ2) is 11.1. The summed E-state index contributed by atoms with van der Waals surface area (Å²) in [5.41, 5.74) is 9.68. The average Bonchev–Trinajstić information content (AvgIpc) is 3.62. The first-order valence-corrected chi connectivity index (χ1v) is 16.0. The minimum Gasteiger partial charge on any atom is -0.308 e. The van der Waals surface area contributed by atoms with Crippen LogP contribution in [0.1, 0.15) is 20.7 Å². The summed E-state index contributed by atoms with van der Waals surface area (Å²) in [6, 6.07) is 56.5. The van der Waals surface area contributed by atoms with Crippen molar-refractivity contribution in [2.24, 2.45) is 0 Å². The number of carbonyl (C=O) groups is 2. The van der Waals surface area contributed by atoms with Crippen LogP contribution in [0.15, 0.2) is 170 Å². The molecule has 7 aromatic carbocycles. The molecule has 0 fully saturated rings. The van der Waals surface area contributed by atoms with E-state index in [1.54, 1.807) is 6.07 Å². The molecule has 0 saturated carbocycles. The number of para-hydroxylation sites is 2. The number of amides is 2. The Hall–Kier alpha value is -6.52. The number of carbonyl (C=O) groups excluding carboxylic acids is 2. The molecule has 8 aromatic rings. The predicted molar refractivity (Wildman–Crippen MR) is 195 cm³/mol. The predicted octanol–water partition coefficient (Wildman–Crippen LogP) is 10.6. The fourth-order valence-electron chi connectivity index (χ4n) is 7.18. The van der Waals surface area contributed by atoms with Gasteiger partial charge in [0, 0.05) is 21.9 Å². The third-order valence-corrected chi connectivity index (χ3v) is 9.34. The van der Waals surface area contributed by atoms with E-state index in [2.05, 4.69) is 47.0 Å². The van der Waals surface area contributed by atoms with Gasteiger partial charge in [-0.3, -0.25) is 9.59 Å². The van der Waals surface area contributed by atoms with Crippen LogP contribution >= 0.6 is 0 Å². The topological polar surface area (TPSA) is 42.3 Å². The van der Waals surface area contributed by atoms with Crippen LogP contribution in [0.25, 0.3) is 60.9 Å². The third kappa shape index (κ3) is 4.24. The van der Waals surface area contributed by atoms with Crippen molar-refractivity contribution in [2.45, 2.75) is 0 Å². The normalized spacial score (nSPS) is 12.6. The van der Waals surface area contributed by atoms with Crippen molar-refractivity contribution < 1.29 is 9.59 Å². The van der Waals surface area contributed by atoms with Crippen molar-refractivity contribution in [3.05, 3.63) is 181 Å². The van der Waals surface area contributed by atoms with E-state index in [0.717, 1.165) is 55.2 Å². The second-order valence-electron chi connectivity index (χ2n) is 12.0. The number of hydrogen-bond acceptors (Lipinski definition) is 2. The fourth-order valence-corrected chi connectivity index (χ4v) is 7.18. The van der Waals surface area contributed by atoms with Crippen LogP contribution in [0.5, 0.6) is 0 Å². The largest absolute Gasteiger partial charge is 0.308 e. The van der Waals surface area contributed by atoms with Gasteiger partial charge < -0.3 is 4.57 Å². The number of aromatic nitrogens is 1. The summed E-state index contributed by atoms with van der Waals surface area (Å²) >= 11 is 0. The van der Waals surface area contributed by atoms with Crippen molar-refractivity contribution >= 4 is 39.3 Å². The van der Waals surface area contributed by atoms with Crippen molar-refractivity contribution in [3.8, 4) is 39.1 Å². The molecule has 9 rings (SSSR count). The average molecular weight is 617 g/mol. The number of benzene rings is 7. The Kier molecular flexibility index (Phi) is 6.41. The Morgan fingerprint density at radius 1 is 0.375 bits per heavy atom. The van der Waals surface area contributed by atoms with Crippen LogP contribution in [0, 0.1) is 0 Å². The molecule has 1 aromatic heterocycles. The Labute approximate surface area is 277 Å². The lowest BCUT2D eigenvalue weighted by Gasteiger charge is -2.23. The first-order chi connectivity index (χ1) is 23.7. The summed E-state index contributed by atoms with van der Waals surface area (Å²) in [5, 5.41) is 2.16. The van der Waals surface area contributed by atoms with Gasteiger partial charge in [-0.1, -0.05) is 146 Å². The molecule has 0 unspecified atom stereocenters. The number of nitrogens with zero attached hydrogens (tertiary/aromatic N) is 2. The number of fused-ring (bicyclic) bond motifs is 4. The summed E-state index contributed by atoms with van der Waals surface area (Å²) in [6.45, 7) is 0. The number of imide groups is 1. The van der Waals surface area contributed by atoms with Crippen molar-refractivity contribution in [1.82, 2.24) is 4.57 Å². The molecule has 0 bridgehead atoms. The zero-order valence-electron chi connectivity index (χ0n) is 25.9. The highest BCUT2D eigenvalue weighted by Gasteiger charge is 2.41. The molecular formula is C44H28N2O2. The maximum atomic E-state index is 14.9. The minimum absolute atomic E-state index is 0.330. The Morgan fingerprint density at radius 3 is 1.58 bits per heavy atom. The zero-order chi connectivity index (χ0) is 32.2. The van der Waals surface area contributed by atoms with Gasteiger partial charge in [-0.25, -0.2) is 4.90 Å². The summed E-state index contributed by atoms with van der Waals surface area (Å²) in [7, 11) is 0. The first-order valence-electron chi connectivity index (χ1n) is 16.0. The molecule has 48 heavy (non-hydrogen) atoms. The fraction of sp³-hybridized carbons (Fsp3) is 0. The van der Waals surface area contributed by atoms with Gasteiger partial charge in [0.25, 0.3) is 11.8 Å². The van der Waals surface area contributed by atoms with E-state index in [9.17, 15) is 9.59 Å². The summed E-state index contributed by atoms with van der Waals surface area (Å²) in [5.74, 6) is -0.667. The highest BCUT2D eigenvalue weighted by atomic mass is 16.2. The second-order valence-corrected chi connectivity index (χ2v) is 12.0. The van der Waals surface area contributed by atoms with E-state index >= 15 is 0 Å². The van der Waals surface area contributed by atoms with E-state index in [0.29, 0.717) is 22.5 Å². The summed E-state index contributed by atoms with van der Waals surface area (Å²) < 4.78 is 2.14. The van der Waals surface area contributed by atoms with Crippen LogP contribution in [0.2, 0.25) is 0 Å². The van der Waals surface area contributed by atoms with E-state index in [1.165, 1.54) is 4.90 Å². The number of hydrogen-bond donors (Lipinski definition) is 0. The van der Waals surface area contributed by atoms with Gasteiger partial charge in [0.1, 0.15) is 0 Å². The lowest BCUT2D eigenvalue weighted by Crippen LogP contribution is -2.30. The quantitative estimate of drug-likeness (QED) is 0.181. The van der Waals surface area contributed by atoms with Gasteiger partial charge >= 0.3 is 0 Å². The molecule has 0 radical (unpaired) electrons. The van der Waals surface area contributed by atoms with Gasteiger partial charge in [0.2, 0.25) is 0 Å². The van der Waals surface area contributed by atoms with Gasteiger partial charge in [-0.05, 0) is 46.5 Å². The van der Waals surface area contributed by atoms with Crippen molar-refractivity contribution in [3.63, 3.8) is 0 Å². The van der Waals surface area contributed by atoms with Crippen LogP contribution in [-0.4, -0.2) is 16.4 Å². The molecule has 4 nitrogen and oxygen atoms in total. The van der Waals surface area contributed by atoms with Gasteiger partial charge in [-0.15, -0.1) is 0 Å². The third-order valence-electron chi connectivity index (χ3n) is 9.34. The van der Waals surface area contributed by atoms with Crippen LogP contribution in [0.3, 0.4) is 0 Å². The van der Waals surface area contributed by atoms with Crippen LogP contribution in [-0.2, 0) is 0 Å². The molecule has 0 aliphatic carbocycles. The summed E-state index contributed by atoms with van der Waals surface area (Å²) in [6.07, 6.45) is 0. The van der Waals surface area contributed by atoms with Crippen molar-refractivity contribution in [1.29, 1.82) is 0 Å². The maximum absolute atomic E-state index is 14.9.